The maximum atomic E-state index is 12.0. The second-order valence-corrected chi connectivity index (χ2v) is 6.32. The third-order valence-corrected chi connectivity index (χ3v) is 3.52. The third kappa shape index (κ3) is 2.10. The highest BCUT2D eigenvalue weighted by Crippen LogP contribution is 2.59. The van der Waals surface area contributed by atoms with Crippen molar-refractivity contribution >= 4 is 12.1 Å². The number of carboxylic acid groups (broad SMARTS) is 1. The molecular weight excluding hydrogens is 222 g/mol. The summed E-state index contributed by atoms with van der Waals surface area (Å²) in [5.74, 6) is -0.940. The lowest BCUT2D eigenvalue weighted by Gasteiger charge is -2.28. The van der Waals surface area contributed by atoms with Crippen LogP contribution in [0.25, 0.3) is 0 Å². The third-order valence-electron chi connectivity index (χ3n) is 3.52. The van der Waals surface area contributed by atoms with E-state index in [-0.39, 0.29) is 11.5 Å². The molecule has 2 rings (SSSR count). The number of carbonyl (C=O) groups is 2. The molecule has 1 saturated heterocycles. The van der Waals surface area contributed by atoms with Gasteiger partial charge in [-0.15, -0.1) is 0 Å². The Morgan fingerprint density at radius 1 is 1.35 bits per heavy atom. The number of carbonyl (C=O) groups excluding carboxylic acids is 1. The minimum atomic E-state index is -0.940. The summed E-state index contributed by atoms with van der Waals surface area (Å²) in [6, 6.07) is -0.688. The van der Waals surface area contributed by atoms with Crippen LogP contribution < -0.4 is 0 Å². The van der Waals surface area contributed by atoms with Crippen LogP contribution in [0.3, 0.4) is 0 Å². The van der Waals surface area contributed by atoms with E-state index in [2.05, 4.69) is 0 Å². The molecule has 1 saturated carbocycles. The molecule has 17 heavy (non-hydrogen) atoms. The molecule has 0 aromatic rings. The summed E-state index contributed by atoms with van der Waals surface area (Å²) in [6.07, 6.45) is 0.915. The standard InChI is InChI=1S/C12H19NO4/c1-11(2,3)17-10(16)13-7(9(14)15)5-12(4)6-8(12)13/h7-8H,5-6H2,1-4H3,(H,14,15)/t7?,8?,12-/m1/s1. The van der Waals surface area contributed by atoms with Crippen molar-refractivity contribution in [2.45, 2.75) is 58.2 Å². The van der Waals surface area contributed by atoms with Gasteiger partial charge in [-0.3, -0.25) is 4.90 Å². The minimum Gasteiger partial charge on any atom is -0.480 e. The van der Waals surface area contributed by atoms with Gasteiger partial charge < -0.3 is 9.84 Å². The number of fused-ring (bicyclic) bond motifs is 1. The Bertz CT molecular complexity index is 373. The first kappa shape index (κ1) is 12.2. The summed E-state index contributed by atoms with van der Waals surface area (Å²) < 4.78 is 5.27. The van der Waals surface area contributed by atoms with Crippen molar-refractivity contribution in [2.24, 2.45) is 5.41 Å². The smallest absolute Gasteiger partial charge is 0.411 e. The highest BCUT2D eigenvalue weighted by molar-refractivity contribution is 5.82. The van der Waals surface area contributed by atoms with Crippen molar-refractivity contribution in [3.8, 4) is 0 Å². The van der Waals surface area contributed by atoms with Gasteiger partial charge in [0.05, 0.1) is 0 Å². The van der Waals surface area contributed by atoms with Gasteiger partial charge in [0.2, 0.25) is 0 Å². The van der Waals surface area contributed by atoms with Crippen LogP contribution in [0.1, 0.15) is 40.5 Å². The molecule has 3 atom stereocenters. The highest BCUT2D eigenvalue weighted by Gasteiger charge is 2.65. The van der Waals surface area contributed by atoms with Gasteiger partial charge in [-0.25, -0.2) is 9.59 Å². The number of carboxylic acids is 1. The van der Waals surface area contributed by atoms with Crippen LogP contribution in [0.15, 0.2) is 0 Å². The van der Waals surface area contributed by atoms with E-state index in [1.165, 1.54) is 4.90 Å². The van der Waals surface area contributed by atoms with Crippen molar-refractivity contribution in [3.63, 3.8) is 0 Å². The van der Waals surface area contributed by atoms with E-state index >= 15 is 0 Å². The topological polar surface area (TPSA) is 66.8 Å². The average Bonchev–Trinajstić information content (AvgIpc) is 2.65. The number of likely N-dealkylation sites (tertiary alicyclic amines) is 1. The summed E-state index contributed by atoms with van der Waals surface area (Å²) in [6.45, 7) is 7.37. The van der Waals surface area contributed by atoms with E-state index in [1.807, 2.05) is 6.92 Å². The number of aliphatic carboxylic acids is 1. The van der Waals surface area contributed by atoms with E-state index in [4.69, 9.17) is 9.84 Å². The van der Waals surface area contributed by atoms with Gasteiger partial charge in [0.1, 0.15) is 11.6 Å². The fraction of sp³-hybridized carbons (Fsp3) is 0.833. The first-order valence-corrected chi connectivity index (χ1v) is 5.88. The average molecular weight is 241 g/mol. The van der Waals surface area contributed by atoms with E-state index in [0.29, 0.717) is 6.42 Å². The first-order chi connectivity index (χ1) is 7.64. The van der Waals surface area contributed by atoms with Crippen LogP contribution in [-0.4, -0.2) is 39.8 Å². The molecule has 1 N–H and O–H groups in total. The molecule has 1 heterocycles. The molecule has 1 aliphatic heterocycles. The molecule has 1 aliphatic carbocycles. The normalized spacial score (nSPS) is 35.4. The molecule has 2 fully saturated rings. The van der Waals surface area contributed by atoms with E-state index < -0.39 is 23.7 Å². The SMILES string of the molecule is CC(C)(C)OC(=O)N1C(C(=O)O)C[C@]2(C)CC12. The predicted octanol–water partition coefficient (Wildman–Crippen LogP) is 1.86. The largest absolute Gasteiger partial charge is 0.480 e. The van der Waals surface area contributed by atoms with Crippen molar-refractivity contribution in [1.29, 1.82) is 0 Å². The first-order valence-electron chi connectivity index (χ1n) is 5.88. The van der Waals surface area contributed by atoms with Crippen LogP contribution in [-0.2, 0) is 9.53 Å². The molecule has 0 bridgehead atoms. The molecule has 2 aliphatic rings. The molecule has 96 valence electrons. The molecule has 2 unspecified atom stereocenters. The van der Waals surface area contributed by atoms with Gasteiger partial charge in [0.15, 0.2) is 0 Å². The fourth-order valence-corrected chi connectivity index (χ4v) is 2.57. The van der Waals surface area contributed by atoms with Crippen LogP contribution in [0.2, 0.25) is 0 Å². The molecule has 0 spiro atoms. The molecule has 5 heteroatoms. The molecule has 1 amide bonds. The van der Waals surface area contributed by atoms with Gasteiger partial charge in [-0.1, -0.05) is 6.92 Å². The second kappa shape index (κ2) is 3.37. The zero-order valence-corrected chi connectivity index (χ0v) is 10.7. The lowest BCUT2D eigenvalue weighted by atomic mass is 10.0. The van der Waals surface area contributed by atoms with Crippen molar-refractivity contribution < 1.29 is 19.4 Å². The Labute approximate surface area is 101 Å². The Kier molecular flexibility index (Phi) is 2.42. The van der Waals surface area contributed by atoms with Crippen LogP contribution in [0.4, 0.5) is 4.79 Å². The van der Waals surface area contributed by atoms with E-state index in [1.54, 1.807) is 20.8 Å². The Morgan fingerprint density at radius 3 is 2.41 bits per heavy atom. The van der Waals surface area contributed by atoms with Crippen LogP contribution in [0, 0.1) is 5.41 Å². The lowest BCUT2D eigenvalue weighted by molar-refractivity contribution is -0.142. The fourth-order valence-electron chi connectivity index (χ4n) is 2.57. The maximum absolute atomic E-state index is 12.0. The van der Waals surface area contributed by atoms with Crippen LogP contribution >= 0.6 is 0 Å². The lowest BCUT2D eigenvalue weighted by Crippen LogP contribution is -2.45. The van der Waals surface area contributed by atoms with Crippen LogP contribution in [0.5, 0.6) is 0 Å². The van der Waals surface area contributed by atoms with Crippen molar-refractivity contribution in [3.05, 3.63) is 0 Å². The van der Waals surface area contributed by atoms with Gasteiger partial charge in [0, 0.05) is 6.04 Å². The zero-order chi connectivity index (χ0) is 13.0. The number of piperidine rings is 1. The summed E-state index contributed by atoms with van der Waals surface area (Å²) in [7, 11) is 0. The summed E-state index contributed by atoms with van der Waals surface area (Å²) >= 11 is 0. The highest BCUT2D eigenvalue weighted by atomic mass is 16.6. The Morgan fingerprint density at radius 2 is 1.94 bits per heavy atom. The molecular formula is C12H19NO4. The molecule has 0 radical (unpaired) electrons. The maximum Gasteiger partial charge on any atom is 0.411 e. The second-order valence-electron chi connectivity index (χ2n) is 6.32. The Hall–Kier alpha value is -1.26. The number of hydrogen-bond donors (Lipinski definition) is 1. The summed E-state index contributed by atoms with van der Waals surface area (Å²) in [5, 5.41) is 9.13. The minimum absolute atomic E-state index is 0.0139. The number of amides is 1. The molecule has 0 aromatic heterocycles. The van der Waals surface area contributed by atoms with Crippen molar-refractivity contribution in [1.82, 2.24) is 4.90 Å². The monoisotopic (exact) mass is 241 g/mol. The van der Waals surface area contributed by atoms with Gasteiger partial charge >= 0.3 is 12.1 Å². The summed E-state index contributed by atoms with van der Waals surface area (Å²) in [4.78, 5) is 24.5. The number of ether oxygens (including phenoxy) is 1. The number of hydrogen-bond acceptors (Lipinski definition) is 3. The van der Waals surface area contributed by atoms with E-state index in [0.717, 1.165) is 6.42 Å². The summed E-state index contributed by atoms with van der Waals surface area (Å²) in [5.41, 5.74) is -0.603. The van der Waals surface area contributed by atoms with E-state index in [9.17, 15) is 9.59 Å². The van der Waals surface area contributed by atoms with Gasteiger partial charge in [0.25, 0.3) is 0 Å². The molecule has 5 nitrogen and oxygen atoms in total. The Balaban J connectivity index is 2.13. The van der Waals surface area contributed by atoms with Crippen molar-refractivity contribution in [2.75, 3.05) is 0 Å². The number of nitrogens with zero attached hydrogens (tertiary/aromatic N) is 1. The quantitative estimate of drug-likeness (QED) is 0.761. The van der Waals surface area contributed by atoms with Gasteiger partial charge in [-0.05, 0) is 39.0 Å². The number of rotatable bonds is 1. The van der Waals surface area contributed by atoms with Gasteiger partial charge in [-0.2, -0.15) is 0 Å². The zero-order valence-electron chi connectivity index (χ0n) is 10.7. The molecule has 0 aromatic carbocycles. The predicted molar refractivity (Wildman–Crippen MR) is 60.6 cm³/mol.